The van der Waals surface area contributed by atoms with E-state index in [4.69, 9.17) is 9.47 Å². The topological polar surface area (TPSA) is 18.5 Å². The van der Waals surface area contributed by atoms with Gasteiger partial charge in [0.15, 0.2) is 0 Å². The second-order valence-electron chi connectivity index (χ2n) is 6.04. The molecule has 0 heterocycles. The van der Waals surface area contributed by atoms with Gasteiger partial charge in [0.05, 0.1) is 6.10 Å². The third-order valence-corrected chi connectivity index (χ3v) is 4.31. The third-order valence-electron chi connectivity index (χ3n) is 4.31. The molecule has 1 aliphatic rings. The molecule has 18 heavy (non-hydrogen) atoms. The summed E-state index contributed by atoms with van der Waals surface area (Å²) in [5.74, 6) is 1.23. The molecule has 1 rings (SSSR count). The van der Waals surface area contributed by atoms with Crippen LogP contribution in [-0.4, -0.2) is 20.3 Å². The van der Waals surface area contributed by atoms with Crippen molar-refractivity contribution in [1.29, 1.82) is 0 Å². The van der Waals surface area contributed by atoms with Crippen LogP contribution in [0.5, 0.6) is 0 Å². The van der Waals surface area contributed by atoms with Crippen LogP contribution in [0.25, 0.3) is 0 Å². The van der Waals surface area contributed by atoms with Gasteiger partial charge in [-0.1, -0.05) is 46.3 Å². The Hall–Kier alpha value is -0.340. The Kier molecular flexibility index (Phi) is 5.87. The first kappa shape index (κ1) is 15.7. The van der Waals surface area contributed by atoms with Crippen LogP contribution in [0.4, 0.5) is 0 Å². The molecule has 1 radical (unpaired) electrons. The van der Waals surface area contributed by atoms with Crippen LogP contribution in [0.2, 0.25) is 0 Å². The fourth-order valence-corrected chi connectivity index (χ4v) is 3.13. The molecular formula is C16H29O2. The van der Waals surface area contributed by atoms with Gasteiger partial charge in [0, 0.05) is 19.6 Å². The quantitative estimate of drug-likeness (QED) is 0.660. The molecule has 0 saturated heterocycles. The van der Waals surface area contributed by atoms with Gasteiger partial charge >= 0.3 is 0 Å². The van der Waals surface area contributed by atoms with Crippen LogP contribution in [0, 0.1) is 23.4 Å². The number of hydrogen-bond acceptors (Lipinski definition) is 2. The average Bonchev–Trinajstić information content (AvgIpc) is 2.34. The molecule has 0 aromatic heterocycles. The maximum atomic E-state index is 5.75. The zero-order valence-corrected chi connectivity index (χ0v) is 12.8. The van der Waals surface area contributed by atoms with Gasteiger partial charge in [0.1, 0.15) is 6.10 Å². The summed E-state index contributed by atoms with van der Waals surface area (Å²) in [6, 6.07) is 0. The largest absolute Gasteiger partial charge is 0.377 e. The standard InChI is InChI=1S/C16H29O2/c1-12(2)10-11-16(13(3)4)14(17-5)8-7-9-15(16)18-6/h7-8,12-14H,9-11H2,1-6H3. The van der Waals surface area contributed by atoms with Crippen molar-refractivity contribution in [3.05, 3.63) is 18.3 Å². The highest BCUT2D eigenvalue weighted by Gasteiger charge is 2.49. The molecule has 0 bridgehead atoms. The summed E-state index contributed by atoms with van der Waals surface area (Å²) in [4.78, 5) is 0. The van der Waals surface area contributed by atoms with Crippen molar-refractivity contribution >= 4 is 0 Å². The van der Waals surface area contributed by atoms with E-state index in [-0.39, 0.29) is 11.5 Å². The van der Waals surface area contributed by atoms with Gasteiger partial charge in [-0.25, -0.2) is 0 Å². The summed E-state index contributed by atoms with van der Waals surface area (Å²) in [6.45, 7) is 9.12. The zero-order chi connectivity index (χ0) is 13.8. The first-order chi connectivity index (χ1) is 8.48. The SMILES string of the molecule is CO[C]1CC=CC(OC)C1(CCC(C)C)C(C)C. The fraction of sp³-hybridized carbons (Fsp3) is 0.812. The van der Waals surface area contributed by atoms with Gasteiger partial charge in [-0.2, -0.15) is 0 Å². The highest BCUT2D eigenvalue weighted by atomic mass is 16.5. The summed E-state index contributed by atoms with van der Waals surface area (Å²) < 4.78 is 11.5. The van der Waals surface area contributed by atoms with Crippen molar-refractivity contribution in [3.8, 4) is 0 Å². The molecule has 0 aliphatic heterocycles. The van der Waals surface area contributed by atoms with E-state index < -0.39 is 0 Å². The number of hydrogen-bond donors (Lipinski definition) is 0. The van der Waals surface area contributed by atoms with Gasteiger partial charge < -0.3 is 9.47 Å². The first-order valence-electron chi connectivity index (χ1n) is 7.08. The van der Waals surface area contributed by atoms with Crippen LogP contribution in [-0.2, 0) is 9.47 Å². The molecule has 105 valence electrons. The molecule has 2 atom stereocenters. The summed E-state index contributed by atoms with van der Waals surface area (Å²) >= 11 is 0. The molecule has 0 N–H and O–H groups in total. The molecule has 0 spiro atoms. The lowest BCUT2D eigenvalue weighted by molar-refractivity contribution is -0.0672. The second kappa shape index (κ2) is 6.72. The highest BCUT2D eigenvalue weighted by molar-refractivity contribution is 5.19. The molecule has 0 amide bonds. The molecule has 1 aliphatic carbocycles. The average molecular weight is 253 g/mol. The minimum atomic E-state index is 0.0303. The van der Waals surface area contributed by atoms with E-state index in [1.165, 1.54) is 12.5 Å². The van der Waals surface area contributed by atoms with Gasteiger partial charge in [0.2, 0.25) is 0 Å². The van der Waals surface area contributed by atoms with Crippen molar-refractivity contribution in [3.63, 3.8) is 0 Å². The zero-order valence-electron chi connectivity index (χ0n) is 12.8. The van der Waals surface area contributed by atoms with Crippen LogP contribution in [0.3, 0.4) is 0 Å². The molecule has 2 nitrogen and oxygen atoms in total. The highest BCUT2D eigenvalue weighted by Crippen LogP contribution is 2.51. The third kappa shape index (κ3) is 2.97. The summed E-state index contributed by atoms with van der Waals surface area (Å²) in [5, 5.41) is 0. The molecule has 2 heteroatoms. The van der Waals surface area contributed by atoms with E-state index >= 15 is 0 Å². The fourth-order valence-electron chi connectivity index (χ4n) is 3.13. The molecule has 2 unspecified atom stereocenters. The van der Waals surface area contributed by atoms with Gasteiger partial charge in [-0.05, 0) is 24.7 Å². The van der Waals surface area contributed by atoms with Gasteiger partial charge in [-0.15, -0.1) is 0 Å². The molecule has 0 fully saturated rings. The minimum absolute atomic E-state index is 0.0303. The Morgan fingerprint density at radius 1 is 1.28 bits per heavy atom. The normalized spacial score (nSPS) is 29.4. The van der Waals surface area contributed by atoms with E-state index in [0.717, 1.165) is 12.8 Å². The van der Waals surface area contributed by atoms with Crippen LogP contribution in [0.15, 0.2) is 12.2 Å². The Morgan fingerprint density at radius 2 is 1.94 bits per heavy atom. The smallest absolute Gasteiger partial charge is 0.110 e. The van der Waals surface area contributed by atoms with E-state index in [0.29, 0.717) is 11.8 Å². The molecule has 0 aromatic carbocycles. The van der Waals surface area contributed by atoms with Crippen LogP contribution >= 0.6 is 0 Å². The number of methoxy groups -OCH3 is 2. The number of ether oxygens (including phenoxy) is 2. The van der Waals surface area contributed by atoms with Crippen molar-refractivity contribution < 1.29 is 9.47 Å². The minimum Gasteiger partial charge on any atom is -0.377 e. The number of rotatable bonds is 6. The maximum Gasteiger partial charge on any atom is 0.110 e. The molecule has 0 saturated carbocycles. The van der Waals surface area contributed by atoms with E-state index in [2.05, 4.69) is 39.8 Å². The monoisotopic (exact) mass is 253 g/mol. The van der Waals surface area contributed by atoms with E-state index in [1.807, 2.05) is 0 Å². The molecular weight excluding hydrogens is 224 g/mol. The van der Waals surface area contributed by atoms with Crippen molar-refractivity contribution in [2.24, 2.45) is 17.3 Å². The lowest BCUT2D eigenvalue weighted by Gasteiger charge is -2.48. The lowest BCUT2D eigenvalue weighted by Crippen LogP contribution is -2.47. The predicted octanol–water partition coefficient (Wildman–Crippen LogP) is 4.22. The van der Waals surface area contributed by atoms with Crippen molar-refractivity contribution in [2.45, 2.75) is 53.1 Å². The van der Waals surface area contributed by atoms with E-state index in [1.54, 1.807) is 14.2 Å². The first-order valence-corrected chi connectivity index (χ1v) is 7.08. The summed E-state index contributed by atoms with van der Waals surface area (Å²) in [5.41, 5.74) is 0.0303. The van der Waals surface area contributed by atoms with Crippen molar-refractivity contribution in [1.82, 2.24) is 0 Å². The van der Waals surface area contributed by atoms with E-state index in [9.17, 15) is 0 Å². The Labute approximate surface area is 113 Å². The predicted molar refractivity (Wildman–Crippen MR) is 76.1 cm³/mol. The van der Waals surface area contributed by atoms with Gasteiger partial charge in [0.25, 0.3) is 0 Å². The Morgan fingerprint density at radius 3 is 2.39 bits per heavy atom. The van der Waals surface area contributed by atoms with Crippen molar-refractivity contribution in [2.75, 3.05) is 14.2 Å². The Balaban J connectivity index is 3.03. The summed E-state index contributed by atoms with van der Waals surface area (Å²) in [6.07, 6.45) is 8.97. The van der Waals surface area contributed by atoms with Crippen LogP contribution in [0.1, 0.15) is 47.0 Å². The van der Waals surface area contributed by atoms with Gasteiger partial charge in [-0.3, -0.25) is 0 Å². The summed E-state index contributed by atoms with van der Waals surface area (Å²) in [7, 11) is 3.60. The Bertz CT molecular complexity index is 270. The maximum absolute atomic E-state index is 5.75. The lowest BCUT2D eigenvalue weighted by atomic mass is 9.62. The second-order valence-corrected chi connectivity index (χ2v) is 6.04. The van der Waals surface area contributed by atoms with Crippen LogP contribution < -0.4 is 0 Å². The molecule has 0 aromatic rings.